The maximum absolute atomic E-state index is 13.1. The van der Waals surface area contributed by atoms with Crippen LogP contribution in [0.25, 0.3) is 10.9 Å². The zero-order valence-corrected chi connectivity index (χ0v) is 21.8. The first-order valence-electron chi connectivity index (χ1n) is 12.3. The Morgan fingerprint density at radius 3 is 2.37 bits per heavy atom. The molecule has 0 unspecified atom stereocenters. The van der Waals surface area contributed by atoms with Gasteiger partial charge in [0, 0.05) is 38.1 Å². The number of rotatable bonds is 10. The molecule has 0 atom stereocenters. The first-order chi connectivity index (χ1) is 16.9. The van der Waals surface area contributed by atoms with Crippen molar-refractivity contribution < 1.29 is 8.42 Å². The number of nitrogens with zero attached hydrogens (tertiary/aromatic N) is 5. The highest BCUT2D eigenvalue weighted by molar-refractivity contribution is 7.89. The van der Waals surface area contributed by atoms with Crippen LogP contribution in [0.15, 0.2) is 53.4 Å². The lowest BCUT2D eigenvalue weighted by Gasteiger charge is -2.33. The largest absolute Gasteiger partial charge is 0.369 e. The minimum absolute atomic E-state index is 0.367. The SMILES string of the molecule is CCc1ccc(S(=O)(=O)N2CCN(Cc3nc(NCCCN(C)C)c4ccccc4n3)CC2)cc1. The molecule has 0 amide bonds. The lowest BCUT2D eigenvalue weighted by Crippen LogP contribution is -2.48. The molecule has 3 aromatic rings. The van der Waals surface area contributed by atoms with E-state index >= 15 is 0 Å². The van der Waals surface area contributed by atoms with Crippen LogP contribution in [0.2, 0.25) is 0 Å². The molecule has 0 saturated carbocycles. The molecular formula is C26H36N6O2S. The third kappa shape index (κ3) is 6.35. The number of aromatic nitrogens is 2. The fourth-order valence-corrected chi connectivity index (χ4v) is 5.73. The molecule has 1 aliphatic rings. The number of benzene rings is 2. The average Bonchev–Trinajstić information content (AvgIpc) is 2.87. The summed E-state index contributed by atoms with van der Waals surface area (Å²) < 4.78 is 27.7. The molecule has 8 nitrogen and oxygen atoms in total. The fourth-order valence-electron chi connectivity index (χ4n) is 4.31. The predicted octanol–water partition coefficient (Wildman–Crippen LogP) is 3.06. The van der Waals surface area contributed by atoms with Crippen LogP contribution in [-0.2, 0) is 23.0 Å². The van der Waals surface area contributed by atoms with Crippen molar-refractivity contribution in [2.75, 3.05) is 58.7 Å². The van der Waals surface area contributed by atoms with Crippen molar-refractivity contribution in [1.82, 2.24) is 24.1 Å². The normalized spacial score (nSPS) is 15.7. The Morgan fingerprint density at radius 1 is 0.971 bits per heavy atom. The van der Waals surface area contributed by atoms with Gasteiger partial charge in [-0.2, -0.15) is 4.31 Å². The number of hydrogen-bond donors (Lipinski definition) is 1. The molecule has 0 bridgehead atoms. The van der Waals surface area contributed by atoms with Gasteiger partial charge < -0.3 is 10.2 Å². The van der Waals surface area contributed by atoms with Crippen LogP contribution in [0.5, 0.6) is 0 Å². The molecule has 1 aromatic heterocycles. The highest BCUT2D eigenvalue weighted by atomic mass is 32.2. The first-order valence-corrected chi connectivity index (χ1v) is 13.8. The van der Waals surface area contributed by atoms with Gasteiger partial charge in [-0.05, 0) is 63.3 Å². The summed E-state index contributed by atoms with van der Waals surface area (Å²) in [6.45, 7) is 6.72. The molecule has 2 aromatic carbocycles. The lowest BCUT2D eigenvalue weighted by atomic mass is 10.2. The van der Waals surface area contributed by atoms with Gasteiger partial charge in [-0.3, -0.25) is 4.90 Å². The average molecular weight is 497 g/mol. The van der Waals surface area contributed by atoms with E-state index in [9.17, 15) is 8.42 Å². The maximum atomic E-state index is 13.1. The summed E-state index contributed by atoms with van der Waals surface area (Å²) in [5.74, 6) is 1.62. The van der Waals surface area contributed by atoms with E-state index < -0.39 is 10.0 Å². The monoisotopic (exact) mass is 496 g/mol. The van der Waals surface area contributed by atoms with Crippen LogP contribution in [0.4, 0.5) is 5.82 Å². The van der Waals surface area contributed by atoms with Gasteiger partial charge in [-0.25, -0.2) is 18.4 Å². The van der Waals surface area contributed by atoms with E-state index in [4.69, 9.17) is 9.97 Å². The molecule has 0 spiro atoms. The summed E-state index contributed by atoms with van der Waals surface area (Å²) in [4.78, 5) is 14.4. The Hall–Kier alpha value is -2.59. The quantitative estimate of drug-likeness (QED) is 0.432. The third-order valence-electron chi connectivity index (χ3n) is 6.39. The second kappa shape index (κ2) is 11.4. The summed E-state index contributed by atoms with van der Waals surface area (Å²) in [5, 5.41) is 4.51. The standard InChI is InChI=1S/C26H36N6O2S/c1-4-21-10-12-22(13-11-21)35(33,34)32-18-16-31(17-19-32)20-25-28-24-9-6-5-8-23(24)26(29-25)27-14-7-15-30(2)3/h5-6,8-13H,4,7,14-20H2,1-3H3,(H,27,28,29). The molecule has 1 saturated heterocycles. The number of nitrogens with one attached hydrogen (secondary N) is 1. The van der Waals surface area contributed by atoms with Gasteiger partial charge in [0.2, 0.25) is 10.0 Å². The van der Waals surface area contributed by atoms with E-state index in [1.165, 1.54) is 0 Å². The zero-order valence-electron chi connectivity index (χ0n) is 20.9. The number of anilines is 1. The molecule has 0 aliphatic carbocycles. The van der Waals surface area contributed by atoms with Gasteiger partial charge in [0.1, 0.15) is 11.6 Å². The summed E-state index contributed by atoms with van der Waals surface area (Å²) in [6, 6.07) is 15.3. The highest BCUT2D eigenvalue weighted by Gasteiger charge is 2.28. The smallest absolute Gasteiger partial charge is 0.243 e. The number of sulfonamides is 1. The summed E-state index contributed by atoms with van der Waals surface area (Å²) >= 11 is 0. The van der Waals surface area contributed by atoms with Crippen molar-refractivity contribution in [2.24, 2.45) is 0 Å². The molecule has 0 radical (unpaired) electrons. The van der Waals surface area contributed by atoms with E-state index in [2.05, 4.69) is 36.1 Å². The molecule has 4 rings (SSSR count). The van der Waals surface area contributed by atoms with Crippen LogP contribution in [0, 0.1) is 0 Å². The molecular weight excluding hydrogens is 460 g/mol. The van der Waals surface area contributed by atoms with Crippen LogP contribution >= 0.6 is 0 Å². The van der Waals surface area contributed by atoms with E-state index in [1.807, 2.05) is 36.4 Å². The first kappa shape index (κ1) is 25.5. The Morgan fingerprint density at radius 2 is 1.69 bits per heavy atom. The molecule has 2 heterocycles. The number of piperazine rings is 1. The van der Waals surface area contributed by atoms with Crippen LogP contribution in [0.3, 0.4) is 0 Å². The topological polar surface area (TPSA) is 81.7 Å². The zero-order chi connectivity index (χ0) is 24.8. The van der Waals surface area contributed by atoms with Gasteiger partial charge in [0.15, 0.2) is 0 Å². The molecule has 1 N–H and O–H groups in total. The second-order valence-electron chi connectivity index (χ2n) is 9.27. The van der Waals surface area contributed by atoms with Gasteiger partial charge in [0.25, 0.3) is 0 Å². The lowest BCUT2D eigenvalue weighted by molar-refractivity contribution is 0.178. The van der Waals surface area contributed by atoms with Crippen LogP contribution < -0.4 is 5.32 Å². The van der Waals surface area contributed by atoms with Crippen molar-refractivity contribution in [3.63, 3.8) is 0 Å². The van der Waals surface area contributed by atoms with Crippen molar-refractivity contribution in [1.29, 1.82) is 0 Å². The number of hydrogen-bond acceptors (Lipinski definition) is 7. The molecule has 1 aliphatic heterocycles. The number of aryl methyl sites for hydroxylation is 1. The van der Waals surface area contributed by atoms with E-state index in [-0.39, 0.29) is 0 Å². The van der Waals surface area contributed by atoms with Gasteiger partial charge >= 0.3 is 0 Å². The molecule has 188 valence electrons. The van der Waals surface area contributed by atoms with E-state index in [1.54, 1.807) is 16.4 Å². The highest BCUT2D eigenvalue weighted by Crippen LogP contribution is 2.22. The summed E-state index contributed by atoms with van der Waals surface area (Å²) in [7, 11) is 0.673. The minimum Gasteiger partial charge on any atom is -0.369 e. The van der Waals surface area contributed by atoms with E-state index in [0.29, 0.717) is 37.6 Å². The Bertz CT molecular complexity index is 1220. The van der Waals surface area contributed by atoms with Crippen LogP contribution in [0.1, 0.15) is 24.7 Å². The van der Waals surface area contributed by atoms with Gasteiger partial charge in [-0.15, -0.1) is 0 Å². The van der Waals surface area contributed by atoms with Crippen LogP contribution in [-0.4, -0.2) is 85.9 Å². The molecule has 1 fully saturated rings. The van der Waals surface area contributed by atoms with Crippen molar-refractivity contribution in [3.05, 3.63) is 59.9 Å². The van der Waals surface area contributed by atoms with Gasteiger partial charge in [-0.1, -0.05) is 31.2 Å². The van der Waals surface area contributed by atoms with E-state index in [0.717, 1.165) is 54.0 Å². The number of para-hydroxylation sites is 1. The summed E-state index contributed by atoms with van der Waals surface area (Å²) in [5.41, 5.74) is 2.06. The molecule has 9 heteroatoms. The fraction of sp³-hybridized carbons (Fsp3) is 0.462. The van der Waals surface area contributed by atoms with Crippen molar-refractivity contribution in [2.45, 2.75) is 31.2 Å². The maximum Gasteiger partial charge on any atom is 0.243 e. The minimum atomic E-state index is -3.48. The Balaban J connectivity index is 1.41. The predicted molar refractivity (Wildman–Crippen MR) is 141 cm³/mol. The Kier molecular flexibility index (Phi) is 8.33. The Labute approximate surface area is 209 Å². The van der Waals surface area contributed by atoms with Crippen molar-refractivity contribution >= 4 is 26.7 Å². The van der Waals surface area contributed by atoms with Crippen molar-refractivity contribution in [3.8, 4) is 0 Å². The second-order valence-corrected chi connectivity index (χ2v) is 11.2. The molecule has 35 heavy (non-hydrogen) atoms. The summed E-state index contributed by atoms with van der Waals surface area (Å²) in [6.07, 6.45) is 1.92. The third-order valence-corrected chi connectivity index (χ3v) is 8.30. The number of fused-ring (bicyclic) bond motifs is 1. The van der Waals surface area contributed by atoms with Gasteiger partial charge in [0.05, 0.1) is 17.0 Å².